The minimum atomic E-state index is -0.587. The summed E-state index contributed by atoms with van der Waals surface area (Å²) in [6.07, 6.45) is 9.00. The molecule has 2 aromatic rings. The van der Waals surface area contributed by atoms with Crippen LogP contribution in [0.2, 0.25) is 0 Å². The van der Waals surface area contributed by atoms with E-state index in [0.29, 0.717) is 24.1 Å². The number of anilines is 2. The zero-order chi connectivity index (χ0) is 19.8. The maximum atomic E-state index is 12.0. The van der Waals surface area contributed by atoms with Crippen LogP contribution in [-0.4, -0.2) is 44.2 Å². The number of allylic oxidation sites excluding steroid dienone is 1. The molecule has 4 rings (SSSR count). The van der Waals surface area contributed by atoms with Gasteiger partial charge < -0.3 is 26.1 Å². The smallest absolute Gasteiger partial charge is 0.323 e. The molecule has 2 aromatic heterocycles. The molecule has 28 heavy (non-hydrogen) atoms. The molecule has 3 atom stereocenters. The van der Waals surface area contributed by atoms with E-state index in [2.05, 4.69) is 32.4 Å². The number of nitrogens with zero attached hydrogens (tertiary/aromatic N) is 4. The number of carbonyl (C=O) groups excluding carboxylic acids is 1. The first kappa shape index (κ1) is 18.7. The molecule has 0 radical (unpaired) electrons. The van der Waals surface area contributed by atoms with Crippen LogP contribution in [0.4, 0.5) is 11.8 Å². The predicted octanol–water partition coefficient (Wildman–Crippen LogP) is 1.63. The number of hydrogen-bond acceptors (Lipinski definition) is 8. The third-order valence-corrected chi connectivity index (χ3v) is 5.29. The Labute approximate surface area is 163 Å². The van der Waals surface area contributed by atoms with Gasteiger partial charge in [0.25, 0.3) is 0 Å². The summed E-state index contributed by atoms with van der Waals surface area (Å²) in [5.41, 5.74) is 13.2. The van der Waals surface area contributed by atoms with E-state index in [4.69, 9.17) is 16.2 Å². The van der Waals surface area contributed by atoms with E-state index in [-0.39, 0.29) is 29.8 Å². The second kappa shape index (κ2) is 7.38. The van der Waals surface area contributed by atoms with Crippen molar-refractivity contribution in [1.29, 1.82) is 0 Å². The molecule has 0 spiro atoms. The Morgan fingerprint density at radius 1 is 1.36 bits per heavy atom. The fourth-order valence-corrected chi connectivity index (χ4v) is 3.34. The van der Waals surface area contributed by atoms with Crippen LogP contribution in [0.15, 0.2) is 18.5 Å². The Morgan fingerprint density at radius 3 is 2.86 bits per heavy atom. The summed E-state index contributed by atoms with van der Waals surface area (Å²) in [7, 11) is 0. The van der Waals surface area contributed by atoms with Crippen molar-refractivity contribution < 1.29 is 9.53 Å². The van der Waals surface area contributed by atoms with E-state index in [1.807, 2.05) is 18.4 Å². The zero-order valence-corrected chi connectivity index (χ0v) is 16.2. The second-order valence-electron chi connectivity index (χ2n) is 8.02. The molecule has 0 saturated heterocycles. The Hall–Kier alpha value is -2.68. The van der Waals surface area contributed by atoms with Crippen molar-refractivity contribution in [2.75, 3.05) is 17.7 Å². The van der Waals surface area contributed by atoms with Crippen LogP contribution in [0.1, 0.15) is 39.2 Å². The monoisotopic (exact) mass is 385 g/mol. The second-order valence-corrected chi connectivity index (χ2v) is 8.02. The van der Waals surface area contributed by atoms with Gasteiger partial charge in [0.05, 0.1) is 19.0 Å². The van der Waals surface area contributed by atoms with Gasteiger partial charge in [0.15, 0.2) is 17.0 Å². The number of carbonyl (C=O) groups is 1. The van der Waals surface area contributed by atoms with Crippen molar-refractivity contribution in [2.45, 2.75) is 51.2 Å². The van der Waals surface area contributed by atoms with Gasteiger partial charge in [-0.2, -0.15) is 9.97 Å². The van der Waals surface area contributed by atoms with Crippen LogP contribution >= 0.6 is 0 Å². The molecule has 0 amide bonds. The number of imidazole rings is 1. The molecule has 0 bridgehead atoms. The standard InChI is InChI=1S/C19H27N7O2/c1-10(2)14(20)18(27)28-8-11-3-6-13(7-11)26-9-22-15-16(23-12-4-5-12)24-19(21)25-17(15)26/h3,6,9-14H,4-5,7-8,20H2,1-2H3,(H3,21,23,24,25)/t11-,13+,14-/m0/s1. The molecule has 1 fully saturated rings. The Balaban J connectivity index is 1.44. The number of fused-ring (bicyclic) bond motifs is 1. The van der Waals surface area contributed by atoms with E-state index >= 15 is 0 Å². The maximum absolute atomic E-state index is 12.0. The molecule has 2 aliphatic rings. The minimum Gasteiger partial charge on any atom is -0.464 e. The van der Waals surface area contributed by atoms with Crippen molar-refractivity contribution in [3.63, 3.8) is 0 Å². The summed E-state index contributed by atoms with van der Waals surface area (Å²) < 4.78 is 7.40. The highest BCUT2D eigenvalue weighted by molar-refractivity contribution is 5.84. The lowest BCUT2D eigenvalue weighted by Gasteiger charge is -2.17. The van der Waals surface area contributed by atoms with E-state index < -0.39 is 6.04 Å². The van der Waals surface area contributed by atoms with Gasteiger partial charge in [-0.1, -0.05) is 26.0 Å². The van der Waals surface area contributed by atoms with E-state index in [0.717, 1.165) is 24.8 Å². The van der Waals surface area contributed by atoms with Crippen LogP contribution in [0.25, 0.3) is 11.2 Å². The molecule has 2 aliphatic carbocycles. The first-order valence-electron chi connectivity index (χ1n) is 9.79. The average molecular weight is 385 g/mol. The van der Waals surface area contributed by atoms with Crippen molar-refractivity contribution in [1.82, 2.24) is 19.5 Å². The largest absolute Gasteiger partial charge is 0.464 e. The first-order chi connectivity index (χ1) is 13.4. The molecule has 0 aromatic carbocycles. The normalized spacial score (nSPS) is 22.7. The average Bonchev–Trinajstić information content (AvgIpc) is 3.17. The molecule has 9 heteroatoms. The Bertz CT molecular complexity index is 903. The van der Waals surface area contributed by atoms with E-state index in [1.54, 1.807) is 6.33 Å². The van der Waals surface area contributed by atoms with Gasteiger partial charge in [-0.05, 0) is 25.2 Å². The van der Waals surface area contributed by atoms with Crippen LogP contribution in [0.3, 0.4) is 0 Å². The fourth-order valence-electron chi connectivity index (χ4n) is 3.34. The minimum absolute atomic E-state index is 0.0558. The maximum Gasteiger partial charge on any atom is 0.323 e. The zero-order valence-electron chi connectivity index (χ0n) is 16.2. The highest BCUT2D eigenvalue weighted by atomic mass is 16.5. The van der Waals surface area contributed by atoms with Crippen molar-refractivity contribution in [3.05, 3.63) is 18.5 Å². The number of hydrogen-bond donors (Lipinski definition) is 3. The third-order valence-electron chi connectivity index (χ3n) is 5.29. The number of nitrogens with one attached hydrogen (secondary N) is 1. The molecular formula is C19H27N7O2. The molecule has 2 heterocycles. The van der Waals surface area contributed by atoms with Gasteiger partial charge >= 0.3 is 5.97 Å². The van der Waals surface area contributed by atoms with Gasteiger partial charge in [-0.25, -0.2) is 4.98 Å². The Kier molecular flexibility index (Phi) is 4.92. The van der Waals surface area contributed by atoms with Gasteiger partial charge in [0, 0.05) is 12.0 Å². The molecule has 5 N–H and O–H groups in total. The first-order valence-corrected chi connectivity index (χ1v) is 9.79. The molecule has 150 valence electrons. The highest BCUT2D eigenvalue weighted by Crippen LogP contribution is 2.33. The summed E-state index contributed by atoms with van der Waals surface area (Å²) in [4.78, 5) is 25.2. The summed E-state index contributed by atoms with van der Waals surface area (Å²) in [6.45, 7) is 4.13. The number of aromatic nitrogens is 4. The number of rotatable bonds is 7. The number of ether oxygens (including phenoxy) is 1. The fraction of sp³-hybridized carbons (Fsp3) is 0.579. The lowest BCUT2D eigenvalue weighted by atomic mass is 10.1. The summed E-state index contributed by atoms with van der Waals surface area (Å²) >= 11 is 0. The van der Waals surface area contributed by atoms with E-state index in [9.17, 15) is 4.79 Å². The SMILES string of the molecule is CC(C)[C@H](N)C(=O)OC[C@H]1C=C[C@@H](n2cnc3c(NC4CC4)nc(N)nc32)C1. The van der Waals surface area contributed by atoms with Crippen LogP contribution < -0.4 is 16.8 Å². The third kappa shape index (κ3) is 3.80. The predicted molar refractivity (Wildman–Crippen MR) is 106 cm³/mol. The van der Waals surface area contributed by atoms with Crippen molar-refractivity contribution in [3.8, 4) is 0 Å². The Morgan fingerprint density at radius 2 is 2.14 bits per heavy atom. The number of nitrogen functional groups attached to an aromatic ring is 1. The van der Waals surface area contributed by atoms with Crippen molar-refractivity contribution in [2.24, 2.45) is 17.6 Å². The number of esters is 1. The highest BCUT2D eigenvalue weighted by Gasteiger charge is 2.27. The van der Waals surface area contributed by atoms with Gasteiger partial charge in [-0.3, -0.25) is 4.79 Å². The lowest BCUT2D eigenvalue weighted by molar-refractivity contribution is -0.147. The number of nitrogens with two attached hydrogens (primary N) is 2. The van der Waals surface area contributed by atoms with Crippen molar-refractivity contribution >= 4 is 28.9 Å². The molecule has 0 unspecified atom stereocenters. The van der Waals surface area contributed by atoms with Gasteiger partial charge in [0.2, 0.25) is 5.95 Å². The molecule has 0 aliphatic heterocycles. The summed E-state index contributed by atoms with van der Waals surface area (Å²) in [5, 5.41) is 3.37. The van der Waals surface area contributed by atoms with E-state index in [1.165, 1.54) is 0 Å². The lowest BCUT2D eigenvalue weighted by Crippen LogP contribution is -2.37. The summed E-state index contributed by atoms with van der Waals surface area (Å²) in [6, 6.07) is -0.0586. The molecular weight excluding hydrogens is 358 g/mol. The quantitative estimate of drug-likeness (QED) is 0.483. The molecule has 1 saturated carbocycles. The van der Waals surface area contributed by atoms with Gasteiger partial charge in [0.1, 0.15) is 6.04 Å². The van der Waals surface area contributed by atoms with Crippen LogP contribution in [0.5, 0.6) is 0 Å². The summed E-state index contributed by atoms with van der Waals surface area (Å²) in [5.74, 6) is 0.761. The topological polar surface area (TPSA) is 134 Å². The van der Waals surface area contributed by atoms with Crippen LogP contribution in [-0.2, 0) is 9.53 Å². The molecule has 9 nitrogen and oxygen atoms in total. The van der Waals surface area contributed by atoms with Gasteiger partial charge in [-0.15, -0.1) is 0 Å². The van der Waals surface area contributed by atoms with Crippen LogP contribution in [0, 0.1) is 11.8 Å².